The summed E-state index contributed by atoms with van der Waals surface area (Å²) in [6.45, 7) is 3.19. The normalized spacial score (nSPS) is 24.0. The molecule has 0 spiro atoms. The van der Waals surface area contributed by atoms with Crippen LogP contribution in [0.3, 0.4) is 0 Å². The first kappa shape index (κ1) is 12.3. The molecule has 1 saturated carbocycles. The van der Waals surface area contributed by atoms with E-state index in [0.717, 1.165) is 17.3 Å². The van der Waals surface area contributed by atoms with E-state index in [1.165, 1.54) is 43.2 Å². The van der Waals surface area contributed by atoms with Gasteiger partial charge in [0.1, 0.15) is 5.75 Å². The van der Waals surface area contributed by atoms with Crippen LogP contribution < -0.4 is 10.1 Å². The number of benzene rings is 1. The van der Waals surface area contributed by atoms with Crippen LogP contribution in [0.5, 0.6) is 5.75 Å². The molecule has 2 aliphatic rings. The van der Waals surface area contributed by atoms with Gasteiger partial charge >= 0.3 is 0 Å². The third kappa shape index (κ3) is 2.65. The summed E-state index contributed by atoms with van der Waals surface area (Å²) in [7, 11) is 0. The van der Waals surface area contributed by atoms with Crippen molar-refractivity contribution in [3.63, 3.8) is 0 Å². The smallest absolute Gasteiger partial charge is 0.143 e. The van der Waals surface area contributed by atoms with E-state index in [1.807, 2.05) is 6.07 Å². The molecule has 1 N–H and O–H groups in total. The molecular formula is C15H20ClNO. The molecule has 1 aliphatic carbocycles. The number of hydrogen-bond donors (Lipinski definition) is 1. The van der Waals surface area contributed by atoms with Crippen LogP contribution in [0.25, 0.3) is 0 Å². The van der Waals surface area contributed by atoms with Crippen molar-refractivity contribution in [2.75, 3.05) is 6.54 Å². The van der Waals surface area contributed by atoms with E-state index in [2.05, 4.69) is 18.3 Å². The summed E-state index contributed by atoms with van der Waals surface area (Å²) in [5, 5.41) is 4.35. The van der Waals surface area contributed by atoms with Gasteiger partial charge in [-0.1, -0.05) is 24.1 Å². The molecule has 1 aromatic rings. The lowest BCUT2D eigenvalue weighted by molar-refractivity contribution is 0.292. The average Bonchev–Trinajstić information content (AvgIpc) is 3.17. The molecule has 18 heavy (non-hydrogen) atoms. The van der Waals surface area contributed by atoms with Crippen LogP contribution in [0.2, 0.25) is 5.02 Å². The van der Waals surface area contributed by atoms with Gasteiger partial charge in [-0.25, -0.2) is 0 Å². The standard InChI is InChI=1S/C15H20ClNO/c1-10-8-12(14-4-2-3-7-17-14)15(13(16)9-10)18-11-5-6-11/h8-9,11,14,17H,2-7H2,1H3. The van der Waals surface area contributed by atoms with Gasteiger partial charge in [0.2, 0.25) is 0 Å². The fourth-order valence-corrected chi connectivity index (χ4v) is 2.93. The van der Waals surface area contributed by atoms with Crippen molar-refractivity contribution in [1.29, 1.82) is 0 Å². The molecule has 0 amide bonds. The number of rotatable bonds is 3. The largest absolute Gasteiger partial charge is 0.489 e. The molecule has 0 radical (unpaired) electrons. The number of hydrogen-bond acceptors (Lipinski definition) is 2. The Morgan fingerprint density at radius 2 is 2.06 bits per heavy atom. The summed E-state index contributed by atoms with van der Waals surface area (Å²) in [5.41, 5.74) is 2.47. The van der Waals surface area contributed by atoms with E-state index in [4.69, 9.17) is 16.3 Å². The Bertz CT molecular complexity index is 436. The highest BCUT2D eigenvalue weighted by Gasteiger charge is 2.28. The summed E-state index contributed by atoms with van der Waals surface area (Å²) in [5.74, 6) is 0.921. The fourth-order valence-electron chi connectivity index (χ4n) is 2.61. The van der Waals surface area contributed by atoms with E-state index in [9.17, 15) is 0 Å². The summed E-state index contributed by atoms with van der Waals surface area (Å²) < 4.78 is 6.02. The Morgan fingerprint density at radius 3 is 2.72 bits per heavy atom. The van der Waals surface area contributed by atoms with Gasteiger partial charge in [-0.15, -0.1) is 0 Å². The van der Waals surface area contributed by atoms with Crippen molar-refractivity contribution in [2.45, 2.75) is 51.2 Å². The van der Waals surface area contributed by atoms with Crippen LogP contribution in [0.1, 0.15) is 49.3 Å². The van der Waals surface area contributed by atoms with Gasteiger partial charge in [0.05, 0.1) is 11.1 Å². The van der Waals surface area contributed by atoms with Gasteiger partial charge in [0, 0.05) is 11.6 Å². The van der Waals surface area contributed by atoms with Gasteiger partial charge in [0.25, 0.3) is 0 Å². The maximum absolute atomic E-state index is 6.37. The maximum Gasteiger partial charge on any atom is 0.143 e. The Labute approximate surface area is 114 Å². The highest BCUT2D eigenvalue weighted by molar-refractivity contribution is 6.32. The SMILES string of the molecule is Cc1cc(Cl)c(OC2CC2)c(C2CCCCN2)c1. The minimum Gasteiger partial charge on any atom is -0.489 e. The third-order valence-electron chi connectivity index (χ3n) is 3.71. The molecule has 1 unspecified atom stereocenters. The number of ether oxygens (including phenoxy) is 1. The van der Waals surface area contributed by atoms with E-state index >= 15 is 0 Å². The van der Waals surface area contributed by atoms with Gasteiger partial charge in [-0.2, -0.15) is 0 Å². The number of halogens is 1. The van der Waals surface area contributed by atoms with Crippen molar-refractivity contribution in [3.05, 3.63) is 28.3 Å². The average molecular weight is 266 g/mol. The number of nitrogens with one attached hydrogen (secondary N) is 1. The summed E-state index contributed by atoms with van der Waals surface area (Å²) in [4.78, 5) is 0. The molecule has 1 aliphatic heterocycles. The van der Waals surface area contributed by atoms with E-state index < -0.39 is 0 Å². The van der Waals surface area contributed by atoms with Crippen molar-refractivity contribution in [1.82, 2.24) is 5.32 Å². The molecule has 0 aromatic heterocycles. The Morgan fingerprint density at radius 1 is 1.22 bits per heavy atom. The highest BCUT2D eigenvalue weighted by Crippen LogP contribution is 2.40. The first-order chi connectivity index (χ1) is 8.74. The van der Waals surface area contributed by atoms with Crippen LogP contribution in [0.15, 0.2) is 12.1 Å². The molecule has 1 heterocycles. The van der Waals surface area contributed by atoms with E-state index in [1.54, 1.807) is 0 Å². The fraction of sp³-hybridized carbons (Fsp3) is 0.600. The van der Waals surface area contributed by atoms with Gasteiger partial charge < -0.3 is 10.1 Å². The van der Waals surface area contributed by atoms with E-state index in [0.29, 0.717) is 12.1 Å². The second-order valence-electron chi connectivity index (χ2n) is 5.48. The summed E-state index contributed by atoms with van der Waals surface area (Å²) in [6.07, 6.45) is 6.47. The molecular weight excluding hydrogens is 246 g/mol. The van der Waals surface area contributed by atoms with Gasteiger partial charge in [-0.3, -0.25) is 0 Å². The van der Waals surface area contributed by atoms with Crippen LogP contribution in [-0.4, -0.2) is 12.6 Å². The molecule has 3 rings (SSSR count). The second-order valence-corrected chi connectivity index (χ2v) is 5.89. The lowest BCUT2D eigenvalue weighted by atomic mass is 9.95. The summed E-state index contributed by atoms with van der Waals surface area (Å²) in [6, 6.07) is 4.64. The number of aryl methyl sites for hydroxylation is 1. The Balaban J connectivity index is 1.92. The van der Waals surface area contributed by atoms with Crippen molar-refractivity contribution < 1.29 is 4.74 Å². The first-order valence-electron chi connectivity index (χ1n) is 6.94. The third-order valence-corrected chi connectivity index (χ3v) is 3.99. The zero-order valence-corrected chi connectivity index (χ0v) is 11.6. The monoisotopic (exact) mass is 265 g/mol. The minimum atomic E-state index is 0.396. The van der Waals surface area contributed by atoms with Crippen molar-refractivity contribution >= 4 is 11.6 Å². The van der Waals surface area contributed by atoms with Crippen molar-refractivity contribution in [2.24, 2.45) is 0 Å². The molecule has 2 fully saturated rings. The second kappa shape index (κ2) is 5.10. The molecule has 2 nitrogen and oxygen atoms in total. The zero-order chi connectivity index (χ0) is 12.5. The summed E-state index contributed by atoms with van der Waals surface area (Å²) >= 11 is 6.37. The predicted molar refractivity (Wildman–Crippen MR) is 74.4 cm³/mol. The van der Waals surface area contributed by atoms with Crippen LogP contribution in [0, 0.1) is 6.92 Å². The topological polar surface area (TPSA) is 21.3 Å². The maximum atomic E-state index is 6.37. The highest BCUT2D eigenvalue weighted by atomic mass is 35.5. The quantitative estimate of drug-likeness (QED) is 0.892. The van der Waals surface area contributed by atoms with Crippen LogP contribution in [-0.2, 0) is 0 Å². The lowest BCUT2D eigenvalue weighted by Gasteiger charge is -2.26. The number of piperidine rings is 1. The van der Waals surface area contributed by atoms with E-state index in [-0.39, 0.29) is 0 Å². The Kier molecular flexibility index (Phi) is 3.49. The van der Waals surface area contributed by atoms with Gasteiger partial charge in [-0.05, 0) is 50.8 Å². The zero-order valence-electron chi connectivity index (χ0n) is 10.8. The molecule has 1 aromatic carbocycles. The lowest BCUT2D eigenvalue weighted by Crippen LogP contribution is -2.27. The van der Waals surface area contributed by atoms with Gasteiger partial charge in [0.15, 0.2) is 0 Å². The molecule has 3 heteroatoms. The predicted octanol–water partition coefficient (Wildman–Crippen LogP) is 4.00. The van der Waals surface area contributed by atoms with Crippen molar-refractivity contribution in [3.8, 4) is 5.75 Å². The molecule has 1 saturated heterocycles. The van der Waals surface area contributed by atoms with Crippen LogP contribution >= 0.6 is 11.6 Å². The Hall–Kier alpha value is -0.730. The molecule has 0 bridgehead atoms. The molecule has 98 valence electrons. The first-order valence-corrected chi connectivity index (χ1v) is 7.32. The minimum absolute atomic E-state index is 0.396. The molecule has 1 atom stereocenters. The van der Waals surface area contributed by atoms with Crippen LogP contribution in [0.4, 0.5) is 0 Å².